The minimum Gasteiger partial charge on any atom is -0.481 e. The van der Waals surface area contributed by atoms with Crippen LogP contribution in [0.4, 0.5) is 0 Å². The number of halogens is 1. The summed E-state index contributed by atoms with van der Waals surface area (Å²) in [5, 5.41) is 9.51. The molecular formula is C16H21ClO2S. The fourth-order valence-electron chi connectivity index (χ4n) is 1.60. The molecule has 1 aromatic carbocycles. The van der Waals surface area contributed by atoms with Gasteiger partial charge in [-0.3, -0.25) is 4.79 Å². The predicted octanol–water partition coefficient (Wildman–Crippen LogP) is 5.27. The van der Waals surface area contributed by atoms with E-state index in [-0.39, 0.29) is 5.92 Å². The first-order chi connectivity index (χ1) is 9.59. The van der Waals surface area contributed by atoms with E-state index < -0.39 is 5.97 Å². The zero-order valence-corrected chi connectivity index (χ0v) is 13.3. The summed E-state index contributed by atoms with van der Waals surface area (Å²) in [6.45, 7) is 1.73. The van der Waals surface area contributed by atoms with Crippen LogP contribution < -0.4 is 0 Å². The molecule has 0 aliphatic rings. The summed E-state index contributed by atoms with van der Waals surface area (Å²) in [6.07, 6.45) is 8.00. The van der Waals surface area contributed by atoms with Gasteiger partial charge in [0.1, 0.15) is 0 Å². The molecule has 0 heterocycles. The fraction of sp³-hybridized carbons (Fsp3) is 0.438. The number of thioether (sulfide) groups is 1. The molecule has 0 aromatic heterocycles. The van der Waals surface area contributed by atoms with E-state index in [2.05, 4.69) is 6.08 Å². The van der Waals surface area contributed by atoms with Crippen LogP contribution in [-0.2, 0) is 4.79 Å². The van der Waals surface area contributed by atoms with Crippen LogP contribution in [0.15, 0.2) is 41.3 Å². The van der Waals surface area contributed by atoms with Gasteiger partial charge in [-0.15, -0.1) is 11.8 Å². The third kappa shape index (κ3) is 7.61. The van der Waals surface area contributed by atoms with Crippen molar-refractivity contribution in [1.82, 2.24) is 0 Å². The van der Waals surface area contributed by atoms with Gasteiger partial charge in [-0.05, 0) is 55.7 Å². The Morgan fingerprint density at radius 1 is 1.30 bits per heavy atom. The molecule has 20 heavy (non-hydrogen) atoms. The molecule has 1 aromatic rings. The third-order valence-electron chi connectivity index (χ3n) is 2.93. The molecule has 1 unspecified atom stereocenters. The molecule has 0 spiro atoms. The number of hydrogen-bond acceptors (Lipinski definition) is 2. The maximum absolute atomic E-state index is 10.6. The van der Waals surface area contributed by atoms with E-state index in [1.165, 1.54) is 4.90 Å². The summed E-state index contributed by atoms with van der Waals surface area (Å²) in [7, 11) is 0. The van der Waals surface area contributed by atoms with Crippen LogP contribution in [0.1, 0.15) is 32.6 Å². The van der Waals surface area contributed by atoms with Gasteiger partial charge in [0.15, 0.2) is 0 Å². The fourth-order valence-corrected chi connectivity index (χ4v) is 2.64. The predicted molar refractivity (Wildman–Crippen MR) is 86.6 cm³/mol. The van der Waals surface area contributed by atoms with Crippen molar-refractivity contribution in [3.63, 3.8) is 0 Å². The number of rotatable bonds is 9. The van der Waals surface area contributed by atoms with Crippen molar-refractivity contribution in [2.24, 2.45) is 5.92 Å². The van der Waals surface area contributed by atoms with Gasteiger partial charge in [0.2, 0.25) is 0 Å². The molecule has 0 bridgehead atoms. The van der Waals surface area contributed by atoms with E-state index in [4.69, 9.17) is 16.7 Å². The maximum atomic E-state index is 10.6. The first kappa shape index (κ1) is 17.1. The average Bonchev–Trinajstić information content (AvgIpc) is 2.43. The lowest BCUT2D eigenvalue weighted by molar-refractivity contribution is -0.140. The van der Waals surface area contributed by atoms with Crippen molar-refractivity contribution < 1.29 is 9.90 Å². The SMILES string of the molecule is CC(CC=CCCCCSc1ccc(Cl)cc1)C(=O)O. The largest absolute Gasteiger partial charge is 0.481 e. The van der Waals surface area contributed by atoms with E-state index in [0.717, 1.165) is 30.0 Å². The minimum atomic E-state index is -0.728. The van der Waals surface area contributed by atoms with Crippen LogP contribution >= 0.6 is 23.4 Å². The zero-order chi connectivity index (χ0) is 14.8. The van der Waals surface area contributed by atoms with E-state index in [1.807, 2.05) is 42.1 Å². The summed E-state index contributed by atoms with van der Waals surface area (Å²) < 4.78 is 0. The van der Waals surface area contributed by atoms with Crippen molar-refractivity contribution in [3.05, 3.63) is 41.4 Å². The van der Waals surface area contributed by atoms with Gasteiger partial charge >= 0.3 is 5.97 Å². The minimum absolute atomic E-state index is 0.285. The highest BCUT2D eigenvalue weighted by Crippen LogP contribution is 2.21. The van der Waals surface area contributed by atoms with Crippen molar-refractivity contribution >= 4 is 29.3 Å². The van der Waals surface area contributed by atoms with Gasteiger partial charge < -0.3 is 5.11 Å². The van der Waals surface area contributed by atoms with E-state index >= 15 is 0 Å². The van der Waals surface area contributed by atoms with Crippen molar-refractivity contribution in [3.8, 4) is 0 Å². The highest BCUT2D eigenvalue weighted by molar-refractivity contribution is 7.99. The number of carboxylic acids is 1. The number of carboxylic acid groups (broad SMARTS) is 1. The normalized spacial score (nSPS) is 12.7. The number of benzene rings is 1. The van der Waals surface area contributed by atoms with Gasteiger partial charge in [0, 0.05) is 9.92 Å². The summed E-state index contributed by atoms with van der Waals surface area (Å²) in [4.78, 5) is 11.9. The molecule has 0 fully saturated rings. The lowest BCUT2D eigenvalue weighted by atomic mass is 10.1. The van der Waals surface area contributed by atoms with Crippen LogP contribution in [-0.4, -0.2) is 16.8 Å². The first-order valence-electron chi connectivity index (χ1n) is 6.85. The third-order valence-corrected chi connectivity index (χ3v) is 4.28. The zero-order valence-electron chi connectivity index (χ0n) is 11.7. The molecule has 0 aliphatic heterocycles. The van der Waals surface area contributed by atoms with Gasteiger partial charge in [-0.1, -0.05) is 30.7 Å². The van der Waals surface area contributed by atoms with Crippen molar-refractivity contribution in [2.75, 3.05) is 5.75 Å². The van der Waals surface area contributed by atoms with Crippen molar-refractivity contribution in [1.29, 1.82) is 0 Å². The standard InChI is InChI=1S/C16H21ClO2S/c1-13(16(18)19)7-5-3-2-4-6-12-20-15-10-8-14(17)9-11-15/h3,5,8-11,13H,2,4,6-7,12H2,1H3,(H,18,19). The summed E-state index contributed by atoms with van der Waals surface area (Å²) in [6, 6.07) is 7.91. The Kier molecular flexibility index (Phi) is 8.47. The Morgan fingerprint density at radius 3 is 2.65 bits per heavy atom. The average molecular weight is 313 g/mol. The van der Waals surface area contributed by atoms with Gasteiger partial charge in [0.05, 0.1) is 5.92 Å². The second kappa shape index (κ2) is 9.89. The Labute approximate surface area is 130 Å². The molecule has 0 radical (unpaired) electrons. The number of allylic oxidation sites excluding steroid dienone is 2. The van der Waals surface area contributed by atoms with Crippen LogP contribution in [0.2, 0.25) is 5.02 Å². The lowest BCUT2D eigenvalue weighted by Gasteiger charge is -2.01. The molecule has 1 N–H and O–H groups in total. The Balaban J connectivity index is 2.03. The second-order valence-electron chi connectivity index (χ2n) is 4.74. The molecule has 0 saturated carbocycles. The molecule has 1 rings (SSSR count). The van der Waals surface area contributed by atoms with Gasteiger partial charge in [-0.2, -0.15) is 0 Å². The lowest BCUT2D eigenvalue weighted by Crippen LogP contribution is -2.07. The molecule has 4 heteroatoms. The van der Waals surface area contributed by atoms with Crippen LogP contribution in [0, 0.1) is 5.92 Å². The molecule has 0 aliphatic carbocycles. The number of aliphatic carboxylic acids is 1. The molecule has 1 atom stereocenters. The number of hydrogen-bond donors (Lipinski definition) is 1. The highest BCUT2D eigenvalue weighted by Gasteiger charge is 2.07. The smallest absolute Gasteiger partial charge is 0.306 e. The van der Waals surface area contributed by atoms with Gasteiger partial charge in [-0.25, -0.2) is 0 Å². The number of carbonyl (C=O) groups is 1. The van der Waals surface area contributed by atoms with E-state index in [1.54, 1.807) is 6.92 Å². The topological polar surface area (TPSA) is 37.3 Å². The maximum Gasteiger partial charge on any atom is 0.306 e. The second-order valence-corrected chi connectivity index (χ2v) is 6.35. The Bertz CT molecular complexity index is 429. The molecular weight excluding hydrogens is 292 g/mol. The number of unbranched alkanes of at least 4 members (excludes halogenated alkanes) is 2. The van der Waals surface area contributed by atoms with Crippen LogP contribution in [0.5, 0.6) is 0 Å². The van der Waals surface area contributed by atoms with Gasteiger partial charge in [0.25, 0.3) is 0 Å². The quantitative estimate of drug-likeness (QED) is 0.383. The van der Waals surface area contributed by atoms with Crippen LogP contribution in [0.3, 0.4) is 0 Å². The Hall–Kier alpha value is -0.930. The summed E-state index contributed by atoms with van der Waals surface area (Å²) >= 11 is 7.67. The monoisotopic (exact) mass is 312 g/mol. The molecule has 0 amide bonds. The van der Waals surface area contributed by atoms with E-state index in [0.29, 0.717) is 6.42 Å². The van der Waals surface area contributed by atoms with Crippen LogP contribution in [0.25, 0.3) is 0 Å². The summed E-state index contributed by atoms with van der Waals surface area (Å²) in [5.41, 5.74) is 0. The highest BCUT2D eigenvalue weighted by atomic mass is 35.5. The Morgan fingerprint density at radius 2 is 2.00 bits per heavy atom. The molecule has 2 nitrogen and oxygen atoms in total. The molecule has 110 valence electrons. The summed E-state index contributed by atoms with van der Waals surface area (Å²) in [5.74, 6) is 0.0850. The molecule has 0 saturated heterocycles. The van der Waals surface area contributed by atoms with E-state index in [9.17, 15) is 4.79 Å². The van der Waals surface area contributed by atoms with Crippen molar-refractivity contribution in [2.45, 2.75) is 37.5 Å². The first-order valence-corrected chi connectivity index (χ1v) is 8.22.